The second-order valence-electron chi connectivity index (χ2n) is 8.06. The highest BCUT2D eigenvalue weighted by Gasteiger charge is 2.46. The zero-order valence-corrected chi connectivity index (χ0v) is 18.2. The molecule has 1 fully saturated rings. The van der Waals surface area contributed by atoms with Gasteiger partial charge in [-0.2, -0.15) is 0 Å². The number of carbonyl (C=O) groups excluding carboxylic acids is 2. The maximum absolute atomic E-state index is 14.1. The molecule has 8 nitrogen and oxygen atoms in total. The number of ketones is 1. The van der Waals surface area contributed by atoms with Crippen LogP contribution in [0.25, 0.3) is 5.76 Å². The summed E-state index contributed by atoms with van der Waals surface area (Å²) in [4.78, 5) is 31.5. The number of carbonyl (C=O) groups is 2. The van der Waals surface area contributed by atoms with Crippen molar-refractivity contribution in [3.63, 3.8) is 0 Å². The molecule has 2 aromatic carbocycles. The van der Waals surface area contributed by atoms with Gasteiger partial charge in [-0.1, -0.05) is 12.1 Å². The molecule has 0 saturated carbocycles. The Morgan fingerprint density at radius 2 is 1.91 bits per heavy atom. The van der Waals surface area contributed by atoms with E-state index >= 15 is 0 Å². The summed E-state index contributed by atoms with van der Waals surface area (Å²) in [6.45, 7) is 1.60. The first-order valence-electron chi connectivity index (χ1n) is 10.9. The Kier molecular flexibility index (Phi) is 5.75. The fraction of sp³-hybridized carbons (Fsp3) is 0.240. The summed E-state index contributed by atoms with van der Waals surface area (Å²) in [7, 11) is 0. The van der Waals surface area contributed by atoms with Crippen LogP contribution in [0, 0.1) is 5.82 Å². The molecule has 2 aliphatic rings. The summed E-state index contributed by atoms with van der Waals surface area (Å²) < 4.78 is 27.1. The van der Waals surface area contributed by atoms with Gasteiger partial charge < -0.3 is 24.0 Å². The number of ether oxygens (including phenoxy) is 2. The Hall–Kier alpha value is -4.14. The second kappa shape index (κ2) is 9.01. The van der Waals surface area contributed by atoms with Crippen molar-refractivity contribution in [2.75, 3.05) is 19.8 Å². The van der Waals surface area contributed by atoms with Crippen LogP contribution in [0.2, 0.25) is 0 Å². The summed E-state index contributed by atoms with van der Waals surface area (Å²) in [5.41, 5.74) is 0.623. The Morgan fingerprint density at radius 1 is 1.09 bits per heavy atom. The van der Waals surface area contributed by atoms with E-state index in [1.165, 1.54) is 23.1 Å². The van der Waals surface area contributed by atoms with Crippen LogP contribution < -0.4 is 9.47 Å². The molecule has 1 saturated heterocycles. The summed E-state index contributed by atoms with van der Waals surface area (Å²) in [5, 5.41) is 11.2. The van der Waals surface area contributed by atoms with Gasteiger partial charge in [-0.3, -0.25) is 9.59 Å². The van der Waals surface area contributed by atoms with E-state index in [4.69, 9.17) is 9.47 Å². The molecule has 2 aliphatic heterocycles. The third-order valence-corrected chi connectivity index (χ3v) is 5.89. The molecule has 0 spiro atoms. The number of aliphatic hydroxyl groups is 1. The molecular weight excluding hydrogens is 441 g/mol. The maximum Gasteiger partial charge on any atom is 0.295 e. The fourth-order valence-corrected chi connectivity index (χ4v) is 4.32. The Labute approximate surface area is 194 Å². The number of aryl methyl sites for hydroxylation is 1. The highest BCUT2D eigenvalue weighted by molar-refractivity contribution is 6.46. The molecule has 1 amide bonds. The molecular formula is C25H22FN3O5. The number of likely N-dealkylation sites (tertiary alicyclic amines) is 1. The van der Waals surface area contributed by atoms with Crippen LogP contribution in [0.1, 0.15) is 23.6 Å². The molecule has 174 valence electrons. The van der Waals surface area contributed by atoms with Crippen molar-refractivity contribution in [2.24, 2.45) is 0 Å². The topological polar surface area (TPSA) is 93.9 Å². The summed E-state index contributed by atoms with van der Waals surface area (Å²) in [6, 6.07) is 9.59. The van der Waals surface area contributed by atoms with Crippen LogP contribution in [0.15, 0.2) is 66.8 Å². The van der Waals surface area contributed by atoms with Gasteiger partial charge in [-0.05, 0) is 42.3 Å². The quantitative estimate of drug-likeness (QED) is 0.343. The normalized spacial score (nSPS) is 19.0. The molecule has 3 heterocycles. The van der Waals surface area contributed by atoms with E-state index in [0.29, 0.717) is 48.8 Å². The number of aliphatic hydroxyl groups excluding tert-OH is 1. The minimum absolute atomic E-state index is 0.0880. The van der Waals surface area contributed by atoms with Crippen LogP contribution in [0.3, 0.4) is 0 Å². The van der Waals surface area contributed by atoms with Crippen LogP contribution in [0.5, 0.6) is 11.5 Å². The SMILES string of the molecule is O=C1C(=O)N(CCCn2ccnc2)[C@@H](c2cccc(F)c2)C1=C(O)c1ccc2c(c1)OCCO2. The van der Waals surface area contributed by atoms with Gasteiger partial charge >= 0.3 is 0 Å². The Balaban J connectivity index is 1.54. The number of halogens is 1. The van der Waals surface area contributed by atoms with E-state index in [9.17, 15) is 19.1 Å². The van der Waals surface area contributed by atoms with E-state index in [1.807, 2.05) is 4.57 Å². The minimum atomic E-state index is -0.924. The van der Waals surface area contributed by atoms with E-state index in [2.05, 4.69) is 4.98 Å². The molecule has 34 heavy (non-hydrogen) atoms. The summed E-state index contributed by atoms with van der Waals surface area (Å²) >= 11 is 0. The number of hydrogen-bond donors (Lipinski definition) is 1. The standard InChI is InChI=1S/C25H22FN3O5/c26-18-4-1-3-16(13-18)22-21(23(30)17-5-6-19-20(14-17)34-12-11-33-19)24(31)25(32)29(22)9-2-8-28-10-7-27-15-28/h1,3-7,10,13-15,22,30H,2,8-9,11-12H2/t22-/m0/s1. The Bertz CT molecular complexity index is 1270. The second-order valence-corrected chi connectivity index (χ2v) is 8.06. The van der Waals surface area contributed by atoms with Crippen LogP contribution >= 0.6 is 0 Å². The highest BCUT2D eigenvalue weighted by atomic mass is 19.1. The Morgan fingerprint density at radius 3 is 2.68 bits per heavy atom. The first-order valence-corrected chi connectivity index (χ1v) is 10.9. The van der Waals surface area contributed by atoms with Gasteiger partial charge in [0.15, 0.2) is 11.5 Å². The van der Waals surface area contributed by atoms with Crippen molar-refractivity contribution in [1.82, 2.24) is 14.5 Å². The molecule has 5 rings (SSSR count). The number of amides is 1. The summed E-state index contributed by atoms with van der Waals surface area (Å²) in [6.07, 6.45) is 5.67. The molecule has 1 aromatic heterocycles. The monoisotopic (exact) mass is 463 g/mol. The lowest BCUT2D eigenvalue weighted by Crippen LogP contribution is -2.31. The van der Waals surface area contributed by atoms with Crippen molar-refractivity contribution < 1.29 is 28.6 Å². The van der Waals surface area contributed by atoms with Gasteiger partial charge in [-0.15, -0.1) is 0 Å². The number of imidazole rings is 1. The predicted molar refractivity (Wildman–Crippen MR) is 120 cm³/mol. The zero-order valence-electron chi connectivity index (χ0n) is 18.2. The third kappa shape index (κ3) is 4.00. The number of nitrogens with zero attached hydrogens (tertiary/aromatic N) is 3. The van der Waals surface area contributed by atoms with Gasteiger partial charge in [0.05, 0.1) is 17.9 Å². The third-order valence-electron chi connectivity index (χ3n) is 5.89. The van der Waals surface area contributed by atoms with Crippen molar-refractivity contribution in [3.8, 4) is 11.5 Å². The molecule has 0 radical (unpaired) electrons. The molecule has 1 N–H and O–H groups in total. The molecule has 0 bridgehead atoms. The first kappa shape index (κ1) is 21.7. The molecule has 3 aromatic rings. The smallest absolute Gasteiger partial charge is 0.295 e. The largest absolute Gasteiger partial charge is 0.507 e. The van der Waals surface area contributed by atoms with Crippen molar-refractivity contribution >= 4 is 17.4 Å². The average Bonchev–Trinajstić information content (AvgIpc) is 3.45. The van der Waals surface area contributed by atoms with E-state index in [-0.39, 0.29) is 17.9 Å². The van der Waals surface area contributed by atoms with E-state index < -0.39 is 23.5 Å². The zero-order chi connectivity index (χ0) is 23.7. The number of rotatable bonds is 6. The lowest BCUT2D eigenvalue weighted by molar-refractivity contribution is -0.139. The minimum Gasteiger partial charge on any atom is -0.507 e. The number of benzene rings is 2. The number of Topliss-reactive ketones (excluding diaryl/α,β-unsaturated/α-hetero) is 1. The van der Waals surface area contributed by atoms with Crippen LogP contribution in [-0.2, 0) is 16.1 Å². The predicted octanol–water partition coefficient (Wildman–Crippen LogP) is 3.31. The van der Waals surface area contributed by atoms with Crippen LogP contribution in [-0.4, -0.2) is 51.0 Å². The maximum atomic E-state index is 14.1. The average molecular weight is 463 g/mol. The first-order chi connectivity index (χ1) is 16.5. The van der Waals surface area contributed by atoms with E-state index in [1.54, 1.807) is 43.0 Å². The van der Waals surface area contributed by atoms with Gasteiger partial charge in [0.1, 0.15) is 24.8 Å². The molecule has 0 unspecified atom stereocenters. The number of fused-ring (bicyclic) bond motifs is 1. The lowest BCUT2D eigenvalue weighted by Gasteiger charge is -2.25. The number of aromatic nitrogens is 2. The van der Waals surface area contributed by atoms with Gasteiger partial charge in [0, 0.05) is 31.0 Å². The molecule has 9 heteroatoms. The number of hydrogen-bond acceptors (Lipinski definition) is 6. The van der Waals surface area contributed by atoms with Gasteiger partial charge in [-0.25, -0.2) is 9.37 Å². The van der Waals surface area contributed by atoms with Crippen LogP contribution in [0.4, 0.5) is 4.39 Å². The molecule has 0 aliphatic carbocycles. The van der Waals surface area contributed by atoms with Gasteiger partial charge in [0.25, 0.3) is 11.7 Å². The lowest BCUT2D eigenvalue weighted by atomic mass is 9.95. The van der Waals surface area contributed by atoms with Crippen molar-refractivity contribution in [1.29, 1.82) is 0 Å². The summed E-state index contributed by atoms with van der Waals surface area (Å²) in [5.74, 6) is -1.43. The highest BCUT2D eigenvalue weighted by Crippen LogP contribution is 2.41. The van der Waals surface area contributed by atoms with Gasteiger partial charge in [0.2, 0.25) is 0 Å². The van der Waals surface area contributed by atoms with Crippen molar-refractivity contribution in [2.45, 2.75) is 19.0 Å². The van der Waals surface area contributed by atoms with Crippen molar-refractivity contribution in [3.05, 3.63) is 83.7 Å². The van der Waals surface area contributed by atoms with E-state index in [0.717, 1.165) is 0 Å². The molecule has 1 atom stereocenters. The fourth-order valence-electron chi connectivity index (χ4n) is 4.32.